The standard InChI is InChI=1S/C18H18N4O4/c1-22-9-10(16-20-18(24)26-21-16)8-14(22)17(23)19-13-7-6-12-11(13)4-3-5-15(12)25-2/h3-5,8-9,13H,6-7H2,1-2H3,(H,19,23)(H,20,21,24). The Labute approximate surface area is 148 Å². The van der Waals surface area contributed by atoms with Crippen LogP contribution in [0.25, 0.3) is 11.4 Å². The number of aryl methyl sites for hydroxylation is 1. The number of nitrogens with one attached hydrogen (secondary N) is 2. The van der Waals surface area contributed by atoms with Gasteiger partial charge in [-0.3, -0.25) is 14.3 Å². The van der Waals surface area contributed by atoms with Crippen molar-refractivity contribution in [3.63, 3.8) is 0 Å². The van der Waals surface area contributed by atoms with E-state index in [-0.39, 0.29) is 11.9 Å². The van der Waals surface area contributed by atoms with Crippen molar-refractivity contribution >= 4 is 5.91 Å². The number of aromatic amines is 1. The Hall–Kier alpha value is -3.29. The second-order valence-electron chi connectivity index (χ2n) is 6.26. The minimum atomic E-state index is -0.633. The van der Waals surface area contributed by atoms with Crippen molar-refractivity contribution < 1.29 is 14.1 Å². The van der Waals surface area contributed by atoms with Gasteiger partial charge in [0.25, 0.3) is 5.91 Å². The fraction of sp³-hybridized carbons (Fsp3) is 0.278. The highest BCUT2D eigenvalue weighted by Gasteiger charge is 2.27. The van der Waals surface area contributed by atoms with Crippen molar-refractivity contribution in [2.75, 3.05) is 7.11 Å². The number of amides is 1. The first-order valence-electron chi connectivity index (χ1n) is 8.26. The van der Waals surface area contributed by atoms with Crippen LogP contribution in [0.4, 0.5) is 0 Å². The number of ether oxygens (including phenoxy) is 1. The summed E-state index contributed by atoms with van der Waals surface area (Å²) in [5.41, 5.74) is 3.32. The van der Waals surface area contributed by atoms with Gasteiger partial charge in [-0.05, 0) is 36.1 Å². The highest BCUT2D eigenvalue weighted by atomic mass is 16.5. The SMILES string of the molecule is COc1cccc2c1CCC2NC(=O)c1cc(-c2noc(=O)[nH]2)cn1C. The molecule has 0 fully saturated rings. The van der Waals surface area contributed by atoms with E-state index in [1.807, 2.05) is 18.2 Å². The summed E-state index contributed by atoms with van der Waals surface area (Å²) in [4.78, 5) is 26.3. The highest BCUT2D eigenvalue weighted by molar-refractivity contribution is 5.94. The molecule has 8 nitrogen and oxygen atoms in total. The van der Waals surface area contributed by atoms with Gasteiger partial charge in [0.05, 0.1) is 13.2 Å². The number of hydrogen-bond donors (Lipinski definition) is 2. The topological polar surface area (TPSA) is 102 Å². The molecule has 1 aromatic carbocycles. The summed E-state index contributed by atoms with van der Waals surface area (Å²) in [5.74, 6) is 0.326. The largest absolute Gasteiger partial charge is 0.496 e. The molecular weight excluding hydrogens is 336 g/mol. The lowest BCUT2D eigenvalue weighted by Crippen LogP contribution is -2.28. The summed E-state index contributed by atoms with van der Waals surface area (Å²) in [6, 6.07) is 7.50. The van der Waals surface area contributed by atoms with E-state index in [1.165, 1.54) is 0 Å². The molecule has 1 unspecified atom stereocenters. The van der Waals surface area contributed by atoms with Crippen LogP contribution in [0, 0.1) is 0 Å². The van der Waals surface area contributed by atoms with Crippen LogP contribution in [0.2, 0.25) is 0 Å². The van der Waals surface area contributed by atoms with Crippen LogP contribution in [-0.2, 0) is 13.5 Å². The minimum absolute atomic E-state index is 0.0576. The zero-order chi connectivity index (χ0) is 18.3. The Bertz CT molecular complexity index is 1030. The number of fused-ring (bicyclic) bond motifs is 1. The van der Waals surface area contributed by atoms with Crippen molar-refractivity contribution in [2.24, 2.45) is 7.05 Å². The van der Waals surface area contributed by atoms with Crippen LogP contribution < -0.4 is 15.8 Å². The molecular formula is C18H18N4O4. The van der Waals surface area contributed by atoms with Crippen molar-refractivity contribution in [1.29, 1.82) is 0 Å². The summed E-state index contributed by atoms with van der Waals surface area (Å²) in [6.07, 6.45) is 3.41. The van der Waals surface area contributed by atoms with Gasteiger partial charge in [-0.25, -0.2) is 4.79 Å². The zero-order valence-corrected chi connectivity index (χ0v) is 14.4. The average Bonchev–Trinajstić information content (AvgIpc) is 3.33. The Morgan fingerprint density at radius 3 is 3.04 bits per heavy atom. The van der Waals surface area contributed by atoms with Gasteiger partial charge in [0.2, 0.25) is 0 Å². The third-order valence-corrected chi connectivity index (χ3v) is 4.70. The molecule has 0 aliphatic heterocycles. The van der Waals surface area contributed by atoms with Gasteiger partial charge in [0, 0.05) is 18.8 Å². The molecule has 0 radical (unpaired) electrons. The number of rotatable bonds is 4. The summed E-state index contributed by atoms with van der Waals surface area (Å²) in [5, 5.41) is 6.73. The van der Waals surface area contributed by atoms with Crippen LogP contribution >= 0.6 is 0 Å². The number of nitrogens with zero attached hydrogens (tertiary/aromatic N) is 2. The first-order valence-corrected chi connectivity index (χ1v) is 8.26. The van der Waals surface area contributed by atoms with Crippen LogP contribution in [0.1, 0.15) is 34.1 Å². The number of carbonyl (C=O) groups excluding carboxylic acids is 1. The normalized spacial score (nSPS) is 15.7. The quantitative estimate of drug-likeness (QED) is 0.744. The molecule has 1 aliphatic rings. The van der Waals surface area contributed by atoms with E-state index in [0.29, 0.717) is 17.1 Å². The Balaban J connectivity index is 1.57. The predicted octanol–water partition coefficient (Wildman–Crippen LogP) is 1.79. The number of hydrogen-bond acceptors (Lipinski definition) is 5. The highest BCUT2D eigenvalue weighted by Crippen LogP contribution is 2.36. The number of benzene rings is 1. The summed E-state index contributed by atoms with van der Waals surface area (Å²) in [7, 11) is 3.42. The molecule has 2 heterocycles. The van der Waals surface area contributed by atoms with E-state index in [4.69, 9.17) is 4.74 Å². The minimum Gasteiger partial charge on any atom is -0.496 e. The van der Waals surface area contributed by atoms with Gasteiger partial charge in [-0.15, -0.1) is 0 Å². The maximum absolute atomic E-state index is 12.8. The summed E-state index contributed by atoms with van der Waals surface area (Å²) in [6.45, 7) is 0. The van der Waals surface area contributed by atoms with Crippen LogP contribution in [0.15, 0.2) is 39.8 Å². The van der Waals surface area contributed by atoms with Crippen molar-refractivity contribution in [3.8, 4) is 17.1 Å². The first-order chi connectivity index (χ1) is 12.6. The number of carbonyl (C=O) groups is 1. The van der Waals surface area contributed by atoms with Gasteiger partial charge in [-0.2, -0.15) is 0 Å². The molecule has 2 N–H and O–H groups in total. The van der Waals surface area contributed by atoms with Gasteiger partial charge < -0.3 is 14.6 Å². The molecule has 1 aliphatic carbocycles. The van der Waals surface area contributed by atoms with Gasteiger partial charge in [0.1, 0.15) is 11.4 Å². The van der Waals surface area contributed by atoms with E-state index in [9.17, 15) is 9.59 Å². The first kappa shape index (κ1) is 16.2. The molecule has 0 bridgehead atoms. The Morgan fingerprint density at radius 2 is 2.31 bits per heavy atom. The second-order valence-corrected chi connectivity index (χ2v) is 6.26. The van der Waals surface area contributed by atoms with Crippen molar-refractivity contribution in [1.82, 2.24) is 20.0 Å². The fourth-order valence-electron chi connectivity index (χ4n) is 3.47. The third-order valence-electron chi connectivity index (χ3n) is 4.70. The lowest BCUT2D eigenvalue weighted by atomic mass is 10.1. The smallest absolute Gasteiger partial charge is 0.439 e. The van der Waals surface area contributed by atoms with Crippen LogP contribution in [-0.4, -0.2) is 27.7 Å². The number of aromatic nitrogens is 3. The molecule has 0 spiro atoms. The molecule has 1 amide bonds. The number of H-pyrrole nitrogens is 1. The molecule has 4 rings (SSSR count). The molecule has 0 saturated heterocycles. The van der Waals surface area contributed by atoms with Crippen LogP contribution in [0.5, 0.6) is 5.75 Å². The molecule has 134 valence electrons. The molecule has 1 atom stereocenters. The molecule has 8 heteroatoms. The monoisotopic (exact) mass is 354 g/mol. The van der Waals surface area contributed by atoms with Crippen molar-refractivity contribution in [2.45, 2.75) is 18.9 Å². The third kappa shape index (κ3) is 2.69. The number of methoxy groups -OCH3 is 1. The van der Waals surface area contributed by atoms with E-state index in [2.05, 4.69) is 20.0 Å². The van der Waals surface area contributed by atoms with E-state index >= 15 is 0 Å². The van der Waals surface area contributed by atoms with Crippen molar-refractivity contribution in [3.05, 3.63) is 57.8 Å². The molecule has 3 aromatic rings. The zero-order valence-electron chi connectivity index (χ0n) is 14.4. The van der Waals surface area contributed by atoms with Gasteiger partial charge in [0.15, 0.2) is 5.82 Å². The van der Waals surface area contributed by atoms with E-state index in [0.717, 1.165) is 29.7 Å². The Kier molecular flexibility index (Phi) is 3.87. The fourth-order valence-corrected chi connectivity index (χ4v) is 3.47. The molecule has 26 heavy (non-hydrogen) atoms. The predicted molar refractivity (Wildman–Crippen MR) is 93.1 cm³/mol. The maximum atomic E-state index is 12.8. The summed E-state index contributed by atoms with van der Waals surface area (Å²) >= 11 is 0. The molecule has 0 saturated carbocycles. The summed E-state index contributed by atoms with van der Waals surface area (Å²) < 4.78 is 11.6. The Morgan fingerprint density at radius 1 is 1.46 bits per heavy atom. The average molecular weight is 354 g/mol. The molecule has 2 aromatic heterocycles. The van der Waals surface area contributed by atoms with E-state index in [1.54, 1.807) is 31.0 Å². The second kappa shape index (κ2) is 6.21. The lowest BCUT2D eigenvalue weighted by molar-refractivity contribution is 0.0928. The maximum Gasteiger partial charge on any atom is 0.439 e. The van der Waals surface area contributed by atoms with Gasteiger partial charge >= 0.3 is 5.76 Å². The van der Waals surface area contributed by atoms with Crippen LogP contribution in [0.3, 0.4) is 0 Å². The van der Waals surface area contributed by atoms with E-state index < -0.39 is 5.76 Å². The lowest BCUT2D eigenvalue weighted by Gasteiger charge is -2.15. The van der Waals surface area contributed by atoms with Gasteiger partial charge in [-0.1, -0.05) is 17.3 Å².